The maximum Gasteiger partial charge on any atom is 0.311 e. The summed E-state index contributed by atoms with van der Waals surface area (Å²) in [6, 6.07) is 13.7. The molecule has 2 rings (SSSR count). The summed E-state index contributed by atoms with van der Waals surface area (Å²) in [7, 11) is -4.04. The largest absolute Gasteiger partial charge is 0.427 e. The molecule has 0 N–H and O–H groups in total. The first-order valence-corrected chi connectivity index (χ1v) is 10.3. The van der Waals surface area contributed by atoms with Crippen LogP contribution in [0.1, 0.15) is 39.5 Å². The molecule has 0 aliphatic heterocycles. The zero-order chi connectivity index (χ0) is 19.9. The van der Waals surface area contributed by atoms with E-state index in [4.69, 9.17) is 4.74 Å². The van der Waals surface area contributed by atoms with E-state index in [1.54, 1.807) is 18.2 Å². The number of benzene rings is 2. The van der Waals surface area contributed by atoms with E-state index in [2.05, 4.69) is 0 Å². The molecular formula is C20H23NO5S. The van der Waals surface area contributed by atoms with Crippen LogP contribution in [0.15, 0.2) is 59.5 Å². The maximum atomic E-state index is 13.0. The highest BCUT2D eigenvalue weighted by atomic mass is 32.2. The molecule has 0 saturated heterocycles. The Labute approximate surface area is 159 Å². The third kappa shape index (κ3) is 5.17. The number of anilines is 1. The molecule has 2 aromatic rings. The predicted octanol–water partition coefficient (Wildman–Crippen LogP) is 3.91. The van der Waals surface area contributed by atoms with E-state index in [0.29, 0.717) is 25.0 Å². The van der Waals surface area contributed by atoms with Gasteiger partial charge in [0.2, 0.25) is 5.91 Å². The fourth-order valence-electron chi connectivity index (χ4n) is 2.47. The minimum atomic E-state index is -4.04. The molecule has 0 saturated carbocycles. The molecule has 6 nitrogen and oxygen atoms in total. The van der Waals surface area contributed by atoms with Gasteiger partial charge in [-0.3, -0.25) is 9.59 Å². The van der Waals surface area contributed by atoms with Crippen molar-refractivity contribution in [3.8, 4) is 5.75 Å². The number of hydrogen-bond acceptors (Lipinski definition) is 5. The Kier molecular flexibility index (Phi) is 7.12. The lowest BCUT2D eigenvalue weighted by Gasteiger charge is -2.22. The van der Waals surface area contributed by atoms with Gasteiger partial charge in [-0.1, -0.05) is 32.0 Å². The van der Waals surface area contributed by atoms with Crippen LogP contribution in [-0.4, -0.2) is 20.3 Å². The Morgan fingerprint density at radius 3 is 2.04 bits per heavy atom. The van der Waals surface area contributed by atoms with Crippen LogP contribution >= 0.6 is 0 Å². The van der Waals surface area contributed by atoms with E-state index in [9.17, 15) is 18.0 Å². The molecule has 0 fully saturated rings. The van der Waals surface area contributed by atoms with Gasteiger partial charge in [-0.25, -0.2) is 12.7 Å². The third-order valence-corrected chi connectivity index (χ3v) is 5.49. The monoisotopic (exact) mass is 389 g/mol. The molecule has 0 aliphatic carbocycles. The quantitative estimate of drug-likeness (QED) is 0.505. The zero-order valence-electron chi connectivity index (χ0n) is 15.4. The van der Waals surface area contributed by atoms with Gasteiger partial charge in [0.15, 0.2) is 0 Å². The molecule has 7 heteroatoms. The zero-order valence-corrected chi connectivity index (χ0v) is 16.2. The van der Waals surface area contributed by atoms with Crippen molar-refractivity contribution in [1.29, 1.82) is 0 Å². The molecule has 0 aromatic heterocycles. The number of sulfonamides is 1. The number of carbonyl (C=O) groups excluding carboxylic acids is 2. The molecule has 2 aromatic carbocycles. The highest BCUT2D eigenvalue weighted by Gasteiger charge is 2.30. The Morgan fingerprint density at radius 2 is 1.48 bits per heavy atom. The van der Waals surface area contributed by atoms with Gasteiger partial charge in [-0.05, 0) is 49.2 Å². The van der Waals surface area contributed by atoms with Crippen molar-refractivity contribution >= 4 is 27.6 Å². The highest BCUT2D eigenvalue weighted by molar-refractivity contribution is 7.93. The Balaban J connectivity index is 2.38. The fraction of sp³-hybridized carbons (Fsp3) is 0.300. The van der Waals surface area contributed by atoms with Crippen LogP contribution in [-0.2, 0) is 19.6 Å². The maximum absolute atomic E-state index is 13.0. The summed E-state index contributed by atoms with van der Waals surface area (Å²) in [5.74, 6) is -0.574. The second-order valence-electron chi connectivity index (χ2n) is 5.94. The summed E-state index contributed by atoms with van der Waals surface area (Å²) in [4.78, 5) is 24.2. The minimum Gasteiger partial charge on any atom is -0.427 e. The Bertz CT molecular complexity index is 876. The summed E-state index contributed by atoms with van der Waals surface area (Å²) in [5, 5.41) is 0. The number of rotatable bonds is 8. The molecule has 0 unspecified atom stereocenters. The van der Waals surface area contributed by atoms with Gasteiger partial charge in [0, 0.05) is 12.8 Å². The molecule has 0 radical (unpaired) electrons. The summed E-state index contributed by atoms with van der Waals surface area (Å²) < 4.78 is 32.0. The third-order valence-electron chi connectivity index (χ3n) is 3.73. The average molecular weight is 389 g/mol. The first kappa shape index (κ1) is 20.6. The van der Waals surface area contributed by atoms with E-state index in [1.165, 1.54) is 36.4 Å². The van der Waals surface area contributed by atoms with Crippen molar-refractivity contribution < 1.29 is 22.7 Å². The molecule has 0 spiro atoms. The molecule has 0 atom stereocenters. The van der Waals surface area contributed by atoms with Crippen LogP contribution in [0.3, 0.4) is 0 Å². The fourth-order valence-corrected chi connectivity index (χ4v) is 3.94. The van der Waals surface area contributed by atoms with Gasteiger partial charge in [0.25, 0.3) is 10.0 Å². The SMILES string of the molecule is CCCC(=O)Oc1ccc(N(C(=O)CCC)S(=O)(=O)c2ccccc2)cc1. The van der Waals surface area contributed by atoms with Crippen LogP contribution in [0, 0.1) is 0 Å². The minimum absolute atomic E-state index is 0.0351. The molecule has 1 amide bonds. The van der Waals surface area contributed by atoms with Crippen LogP contribution in [0.25, 0.3) is 0 Å². The number of amides is 1. The average Bonchev–Trinajstić information content (AvgIpc) is 2.64. The van der Waals surface area contributed by atoms with Gasteiger partial charge in [-0.15, -0.1) is 0 Å². The number of esters is 1. The van der Waals surface area contributed by atoms with E-state index < -0.39 is 15.9 Å². The molecule has 0 aliphatic rings. The van der Waals surface area contributed by atoms with E-state index in [1.807, 2.05) is 13.8 Å². The van der Waals surface area contributed by atoms with Crippen molar-refractivity contribution in [2.24, 2.45) is 0 Å². The van der Waals surface area contributed by atoms with Crippen molar-refractivity contribution in [3.63, 3.8) is 0 Å². The lowest BCUT2D eigenvalue weighted by Crippen LogP contribution is -2.36. The molecule has 27 heavy (non-hydrogen) atoms. The Morgan fingerprint density at radius 1 is 0.889 bits per heavy atom. The molecule has 0 bridgehead atoms. The lowest BCUT2D eigenvalue weighted by molar-refractivity contribution is -0.134. The smallest absolute Gasteiger partial charge is 0.311 e. The predicted molar refractivity (Wildman–Crippen MR) is 103 cm³/mol. The number of nitrogens with zero attached hydrogens (tertiary/aromatic N) is 1. The van der Waals surface area contributed by atoms with Crippen LogP contribution in [0.5, 0.6) is 5.75 Å². The lowest BCUT2D eigenvalue weighted by atomic mass is 10.2. The van der Waals surface area contributed by atoms with Crippen molar-refractivity contribution in [2.75, 3.05) is 4.31 Å². The summed E-state index contributed by atoms with van der Waals surface area (Å²) in [6.07, 6.45) is 1.59. The van der Waals surface area contributed by atoms with E-state index in [-0.39, 0.29) is 23.0 Å². The molecular weight excluding hydrogens is 366 g/mol. The van der Waals surface area contributed by atoms with Crippen molar-refractivity contribution in [3.05, 3.63) is 54.6 Å². The van der Waals surface area contributed by atoms with Crippen molar-refractivity contribution in [2.45, 2.75) is 44.4 Å². The summed E-state index contributed by atoms with van der Waals surface area (Å²) in [6.45, 7) is 3.68. The second kappa shape index (κ2) is 9.32. The van der Waals surface area contributed by atoms with Gasteiger partial charge in [-0.2, -0.15) is 0 Å². The second-order valence-corrected chi connectivity index (χ2v) is 7.73. The van der Waals surface area contributed by atoms with Crippen LogP contribution in [0.4, 0.5) is 5.69 Å². The van der Waals surface area contributed by atoms with Gasteiger partial charge >= 0.3 is 5.97 Å². The first-order chi connectivity index (χ1) is 12.9. The number of hydrogen-bond donors (Lipinski definition) is 0. The number of carbonyl (C=O) groups is 2. The van der Waals surface area contributed by atoms with Gasteiger partial charge < -0.3 is 4.74 Å². The molecule has 144 valence electrons. The van der Waals surface area contributed by atoms with E-state index >= 15 is 0 Å². The van der Waals surface area contributed by atoms with Crippen LogP contribution < -0.4 is 9.04 Å². The highest BCUT2D eigenvalue weighted by Crippen LogP contribution is 2.27. The molecule has 0 heterocycles. The van der Waals surface area contributed by atoms with Crippen molar-refractivity contribution in [1.82, 2.24) is 0 Å². The summed E-state index contributed by atoms with van der Waals surface area (Å²) >= 11 is 0. The number of ether oxygens (including phenoxy) is 1. The topological polar surface area (TPSA) is 80.8 Å². The van der Waals surface area contributed by atoms with Crippen LogP contribution in [0.2, 0.25) is 0 Å². The summed E-state index contributed by atoms with van der Waals surface area (Å²) in [5.41, 5.74) is 0.201. The first-order valence-electron chi connectivity index (χ1n) is 8.84. The van der Waals surface area contributed by atoms with E-state index in [0.717, 1.165) is 4.31 Å². The normalized spacial score (nSPS) is 11.0. The standard InChI is InChI=1S/C20H23NO5S/c1-3-8-19(22)21(27(24,25)18-10-6-5-7-11-18)16-12-14-17(15-13-16)26-20(23)9-4-2/h5-7,10-15H,3-4,8-9H2,1-2H3. The van der Waals surface area contributed by atoms with Gasteiger partial charge in [0.1, 0.15) is 5.75 Å². The van der Waals surface area contributed by atoms with Gasteiger partial charge in [0.05, 0.1) is 10.6 Å². The Hall–Kier alpha value is -2.67.